The molecule has 0 aliphatic carbocycles. The number of aromatic nitrogens is 4. The molecule has 5 rings (SSSR count). The highest BCUT2D eigenvalue weighted by molar-refractivity contribution is 5.99. The largest absolute Gasteiger partial charge is 0.334 e. The fourth-order valence-corrected chi connectivity index (χ4v) is 3.88. The number of carbonyl (C=O) groups excluding carboxylic acids is 1. The molecule has 2 aromatic heterocycles. The van der Waals surface area contributed by atoms with Crippen LogP contribution in [-0.2, 0) is 6.54 Å². The fraction of sp³-hybridized carbons (Fsp3) is 0.111. The molecule has 7 heteroatoms. The van der Waals surface area contributed by atoms with Crippen molar-refractivity contribution in [2.75, 3.05) is 7.05 Å². The standard InChI is InChI=1S/C27H23N5O2/c1-18-12-14-19(15-13-18)25-22(16-32(30-25)20-8-4-3-5-9-20)27(34)31(2)17-24-28-23-11-7-6-10-21(23)26(33)29-24/h3-16H,17H2,1-2H3,(H,28,29,33). The maximum Gasteiger partial charge on any atom is 0.258 e. The lowest BCUT2D eigenvalue weighted by atomic mass is 10.1. The summed E-state index contributed by atoms with van der Waals surface area (Å²) in [5, 5.41) is 5.26. The lowest BCUT2D eigenvalue weighted by Gasteiger charge is -2.16. The second-order valence-corrected chi connectivity index (χ2v) is 8.23. The molecule has 0 spiro atoms. The monoisotopic (exact) mass is 449 g/mol. The van der Waals surface area contributed by atoms with Gasteiger partial charge in [0.25, 0.3) is 11.5 Å². The third kappa shape index (κ3) is 4.11. The molecule has 5 aromatic rings. The molecule has 0 radical (unpaired) electrons. The van der Waals surface area contributed by atoms with Crippen LogP contribution in [0, 0.1) is 6.92 Å². The van der Waals surface area contributed by atoms with Crippen molar-refractivity contribution in [3.8, 4) is 16.9 Å². The Hall–Kier alpha value is -4.52. The molecule has 0 saturated heterocycles. The summed E-state index contributed by atoms with van der Waals surface area (Å²) < 4.78 is 1.71. The van der Waals surface area contributed by atoms with Crippen molar-refractivity contribution in [1.82, 2.24) is 24.6 Å². The minimum Gasteiger partial charge on any atom is -0.334 e. The Kier molecular flexibility index (Phi) is 5.51. The number of para-hydroxylation sites is 2. The van der Waals surface area contributed by atoms with Crippen molar-refractivity contribution < 1.29 is 4.79 Å². The molecule has 1 amide bonds. The number of fused-ring (bicyclic) bond motifs is 1. The number of H-pyrrole nitrogens is 1. The number of carbonyl (C=O) groups is 1. The van der Waals surface area contributed by atoms with E-state index in [1.807, 2.05) is 67.6 Å². The third-order valence-electron chi connectivity index (χ3n) is 5.69. The van der Waals surface area contributed by atoms with Crippen molar-refractivity contribution in [2.24, 2.45) is 0 Å². The van der Waals surface area contributed by atoms with E-state index >= 15 is 0 Å². The first-order valence-corrected chi connectivity index (χ1v) is 10.9. The van der Waals surface area contributed by atoms with Crippen LogP contribution in [0.1, 0.15) is 21.7 Å². The molecule has 0 atom stereocenters. The van der Waals surface area contributed by atoms with Crippen LogP contribution in [-0.4, -0.2) is 37.6 Å². The molecule has 1 N–H and O–H groups in total. The first kappa shape index (κ1) is 21.3. The van der Waals surface area contributed by atoms with E-state index in [-0.39, 0.29) is 18.0 Å². The normalized spacial score (nSPS) is 11.0. The lowest BCUT2D eigenvalue weighted by molar-refractivity contribution is 0.0782. The van der Waals surface area contributed by atoms with Crippen molar-refractivity contribution >= 4 is 16.8 Å². The van der Waals surface area contributed by atoms with Crippen LogP contribution in [0.4, 0.5) is 0 Å². The van der Waals surface area contributed by atoms with Crippen LogP contribution in [0.5, 0.6) is 0 Å². The Morgan fingerprint density at radius 2 is 1.68 bits per heavy atom. The number of hydrogen-bond donors (Lipinski definition) is 1. The average Bonchev–Trinajstić information content (AvgIpc) is 3.30. The van der Waals surface area contributed by atoms with Gasteiger partial charge in [-0.25, -0.2) is 9.67 Å². The first-order valence-electron chi connectivity index (χ1n) is 10.9. The Labute approximate surface area is 196 Å². The van der Waals surface area contributed by atoms with Crippen molar-refractivity contribution in [3.63, 3.8) is 0 Å². The van der Waals surface area contributed by atoms with Gasteiger partial charge in [0.05, 0.1) is 28.7 Å². The van der Waals surface area contributed by atoms with Crippen LogP contribution in [0.25, 0.3) is 27.8 Å². The lowest BCUT2D eigenvalue weighted by Crippen LogP contribution is -2.28. The number of nitrogens with one attached hydrogen (secondary N) is 1. The highest BCUT2D eigenvalue weighted by atomic mass is 16.2. The summed E-state index contributed by atoms with van der Waals surface area (Å²) in [4.78, 5) is 34.8. The third-order valence-corrected chi connectivity index (χ3v) is 5.69. The molecular weight excluding hydrogens is 426 g/mol. The SMILES string of the molecule is Cc1ccc(-c2nn(-c3ccccc3)cc2C(=O)N(C)Cc2nc3ccccc3c(=O)[nH]2)cc1. The van der Waals surface area contributed by atoms with Crippen molar-refractivity contribution in [3.05, 3.63) is 112 Å². The number of rotatable bonds is 5. The number of aryl methyl sites for hydroxylation is 1. The molecule has 0 aliphatic heterocycles. The predicted molar refractivity (Wildman–Crippen MR) is 132 cm³/mol. The van der Waals surface area contributed by atoms with E-state index in [2.05, 4.69) is 9.97 Å². The van der Waals surface area contributed by atoms with E-state index in [4.69, 9.17) is 5.10 Å². The second-order valence-electron chi connectivity index (χ2n) is 8.23. The van der Waals surface area contributed by atoms with Gasteiger partial charge in [-0.15, -0.1) is 0 Å². The van der Waals surface area contributed by atoms with Crippen LogP contribution < -0.4 is 5.56 Å². The fourth-order valence-electron chi connectivity index (χ4n) is 3.88. The maximum absolute atomic E-state index is 13.6. The summed E-state index contributed by atoms with van der Waals surface area (Å²) in [5.41, 5.74) is 4.28. The van der Waals surface area contributed by atoms with Gasteiger partial charge in [-0.3, -0.25) is 9.59 Å². The average molecular weight is 450 g/mol. The molecule has 3 aromatic carbocycles. The highest BCUT2D eigenvalue weighted by Gasteiger charge is 2.22. The summed E-state index contributed by atoms with van der Waals surface area (Å²) in [6, 6.07) is 24.7. The molecule has 34 heavy (non-hydrogen) atoms. The number of nitrogens with zero attached hydrogens (tertiary/aromatic N) is 4. The molecule has 7 nitrogen and oxygen atoms in total. The van der Waals surface area contributed by atoms with Crippen molar-refractivity contribution in [2.45, 2.75) is 13.5 Å². The zero-order chi connectivity index (χ0) is 23.7. The topological polar surface area (TPSA) is 83.9 Å². The Bertz CT molecular complexity index is 1540. The van der Waals surface area contributed by atoms with Crippen LogP contribution in [0.3, 0.4) is 0 Å². The minimum atomic E-state index is -0.223. The summed E-state index contributed by atoms with van der Waals surface area (Å²) in [6.07, 6.45) is 1.75. The van der Waals surface area contributed by atoms with Gasteiger partial charge in [0.15, 0.2) is 0 Å². The number of amides is 1. The van der Waals surface area contributed by atoms with Gasteiger partial charge in [-0.1, -0.05) is 60.2 Å². The maximum atomic E-state index is 13.6. The van der Waals surface area contributed by atoms with Gasteiger partial charge in [-0.05, 0) is 31.2 Å². The first-order chi connectivity index (χ1) is 16.5. The van der Waals surface area contributed by atoms with E-state index < -0.39 is 0 Å². The predicted octanol–water partition coefficient (Wildman–Crippen LogP) is 4.36. The minimum absolute atomic E-state index is 0.156. The highest BCUT2D eigenvalue weighted by Crippen LogP contribution is 2.25. The molecule has 2 heterocycles. The summed E-state index contributed by atoms with van der Waals surface area (Å²) in [5.74, 6) is 0.209. The van der Waals surface area contributed by atoms with Gasteiger partial charge in [0.1, 0.15) is 11.5 Å². The van der Waals surface area contributed by atoms with E-state index in [0.717, 1.165) is 16.8 Å². The molecule has 0 unspecified atom stereocenters. The molecule has 0 saturated carbocycles. The van der Waals surface area contributed by atoms with Gasteiger partial charge in [0.2, 0.25) is 0 Å². The number of aromatic amines is 1. The molecule has 0 fully saturated rings. The Morgan fingerprint density at radius 1 is 0.971 bits per heavy atom. The molecule has 0 aliphatic rings. The van der Waals surface area contributed by atoms with E-state index in [1.54, 1.807) is 36.1 Å². The van der Waals surface area contributed by atoms with Gasteiger partial charge < -0.3 is 9.88 Å². The zero-order valence-corrected chi connectivity index (χ0v) is 18.9. The summed E-state index contributed by atoms with van der Waals surface area (Å²) >= 11 is 0. The Morgan fingerprint density at radius 3 is 2.44 bits per heavy atom. The number of benzene rings is 3. The van der Waals surface area contributed by atoms with Gasteiger partial charge in [0, 0.05) is 18.8 Å². The zero-order valence-electron chi connectivity index (χ0n) is 18.9. The van der Waals surface area contributed by atoms with Gasteiger partial charge >= 0.3 is 0 Å². The second kappa shape index (κ2) is 8.78. The smallest absolute Gasteiger partial charge is 0.258 e. The van der Waals surface area contributed by atoms with E-state index in [9.17, 15) is 9.59 Å². The molecule has 0 bridgehead atoms. The van der Waals surface area contributed by atoms with Crippen molar-refractivity contribution in [1.29, 1.82) is 0 Å². The molecule has 168 valence electrons. The Balaban J connectivity index is 1.51. The van der Waals surface area contributed by atoms with Crippen LogP contribution in [0.15, 0.2) is 89.9 Å². The van der Waals surface area contributed by atoms with E-state index in [0.29, 0.717) is 28.0 Å². The van der Waals surface area contributed by atoms with Crippen LogP contribution in [0.2, 0.25) is 0 Å². The number of hydrogen-bond acceptors (Lipinski definition) is 4. The van der Waals surface area contributed by atoms with Gasteiger partial charge in [-0.2, -0.15) is 5.10 Å². The summed E-state index contributed by atoms with van der Waals surface area (Å²) in [6.45, 7) is 2.17. The van der Waals surface area contributed by atoms with E-state index in [1.165, 1.54) is 4.90 Å². The summed E-state index contributed by atoms with van der Waals surface area (Å²) in [7, 11) is 1.69. The quantitative estimate of drug-likeness (QED) is 0.432. The van der Waals surface area contributed by atoms with Crippen LogP contribution >= 0.6 is 0 Å². The molecular formula is C27H23N5O2.